The van der Waals surface area contributed by atoms with Crippen molar-refractivity contribution in [2.75, 3.05) is 38.5 Å². The van der Waals surface area contributed by atoms with Crippen molar-refractivity contribution in [3.8, 4) is 0 Å². The molecule has 0 aliphatic carbocycles. The molecule has 3 aromatic rings. The summed E-state index contributed by atoms with van der Waals surface area (Å²) >= 11 is 0. The summed E-state index contributed by atoms with van der Waals surface area (Å²) in [6.45, 7) is 3.89. The number of piperazine rings is 1. The van der Waals surface area contributed by atoms with Crippen LogP contribution < -0.4 is 5.73 Å². The maximum absolute atomic E-state index is 13.0. The normalized spacial score (nSPS) is 15.4. The molecule has 140 valence electrons. The van der Waals surface area contributed by atoms with Gasteiger partial charge in [0.2, 0.25) is 0 Å². The van der Waals surface area contributed by atoms with Crippen molar-refractivity contribution in [3.05, 3.63) is 59.5 Å². The van der Waals surface area contributed by atoms with Crippen LogP contribution in [0.15, 0.2) is 42.5 Å². The lowest BCUT2D eigenvalue weighted by Crippen LogP contribution is -2.49. The quantitative estimate of drug-likeness (QED) is 0.694. The zero-order chi connectivity index (χ0) is 18.8. The molecule has 6 nitrogen and oxygen atoms in total. The smallest absolute Gasteiger partial charge is 0.275 e. The highest BCUT2D eigenvalue weighted by atomic mass is 19.1. The van der Waals surface area contributed by atoms with E-state index in [0.717, 1.165) is 42.5 Å². The Balaban J connectivity index is 1.34. The summed E-state index contributed by atoms with van der Waals surface area (Å²) in [6.07, 6.45) is 0.875. The van der Waals surface area contributed by atoms with Crippen LogP contribution in [0.2, 0.25) is 0 Å². The van der Waals surface area contributed by atoms with Crippen molar-refractivity contribution in [2.45, 2.75) is 6.42 Å². The van der Waals surface area contributed by atoms with E-state index in [1.54, 1.807) is 12.1 Å². The third-order valence-corrected chi connectivity index (χ3v) is 5.08. The van der Waals surface area contributed by atoms with Gasteiger partial charge in [-0.1, -0.05) is 12.1 Å². The van der Waals surface area contributed by atoms with Gasteiger partial charge in [0.1, 0.15) is 5.82 Å². The zero-order valence-corrected chi connectivity index (χ0v) is 15.0. The van der Waals surface area contributed by atoms with E-state index in [1.807, 2.05) is 23.1 Å². The van der Waals surface area contributed by atoms with Crippen molar-refractivity contribution >= 4 is 22.5 Å². The predicted molar refractivity (Wildman–Crippen MR) is 103 cm³/mol. The zero-order valence-electron chi connectivity index (χ0n) is 15.0. The number of nitrogens with two attached hydrogens (primary N) is 1. The van der Waals surface area contributed by atoms with Crippen molar-refractivity contribution < 1.29 is 9.18 Å². The number of hydrogen-bond donors (Lipinski definition) is 2. The van der Waals surface area contributed by atoms with Gasteiger partial charge in [-0.15, -0.1) is 0 Å². The van der Waals surface area contributed by atoms with Crippen molar-refractivity contribution in [1.82, 2.24) is 20.0 Å². The van der Waals surface area contributed by atoms with E-state index < -0.39 is 0 Å². The molecule has 0 radical (unpaired) electrons. The number of fused-ring (bicyclic) bond motifs is 1. The second kappa shape index (κ2) is 7.36. The summed E-state index contributed by atoms with van der Waals surface area (Å²) in [5.41, 5.74) is 8.76. The maximum Gasteiger partial charge on any atom is 0.275 e. The second-order valence-electron chi connectivity index (χ2n) is 6.89. The molecule has 0 saturated carbocycles. The molecule has 1 saturated heterocycles. The Kier molecular flexibility index (Phi) is 4.77. The summed E-state index contributed by atoms with van der Waals surface area (Å²) in [5, 5.41) is 7.88. The minimum Gasteiger partial charge on any atom is -0.399 e. The largest absolute Gasteiger partial charge is 0.399 e. The van der Waals surface area contributed by atoms with Gasteiger partial charge >= 0.3 is 0 Å². The molecule has 1 aliphatic rings. The summed E-state index contributed by atoms with van der Waals surface area (Å²) in [7, 11) is 0. The topological polar surface area (TPSA) is 78.2 Å². The molecule has 27 heavy (non-hydrogen) atoms. The number of anilines is 1. The minimum absolute atomic E-state index is 0.0517. The molecule has 1 amide bonds. The number of halogens is 1. The lowest BCUT2D eigenvalue weighted by Gasteiger charge is -2.34. The third kappa shape index (κ3) is 3.78. The van der Waals surface area contributed by atoms with Crippen molar-refractivity contribution in [3.63, 3.8) is 0 Å². The van der Waals surface area contributed by atoms with Gasteiger partial charge in [-0.25, -0.2) is 4.39 Å². The van der Waals surface area contributed by atoms with E-state index >= 15 is 0 Å². The molecule has 0 unspecified atom stereocenters. The standard InChI is InChI=1S/C20H22FN5O/c21-15-3-1-14(2-4-15)7-8-25-9-11-26(12-10-25)20(27)19-17-6-5-16(22)13-18(17)23-24-19/h1-6,13H,7-12,22H2,(H,23,24). The molecule has 7 heteroatoms. The lowest BCUT2D eigenvalue weighted by atomic mass is 10.1. The number of nitrogens with zero attached hydrogens (tertiary/aromatic N) is 3. The van der Waals surface area contributed by atoms with Gasteiger partial charge in [-0.3, -0.25) is 14.8 Å². The number of amides is 1. The van der Waals surface area contributed by atoms with E-state index in [4.69, 9.17) is 5.73 Å². The van der Waals surface area contributed by atoms with Crippen LogP contribution in [-0.2, 0) is 6.42 Å². The van der Waals surface area contributed by atoms with Crippen LogP contribution in [0.3, 0.4) is 0 Å². The average molecular weight is 367 g/mol. The highest BCUT2D eigenvalue weighted by molar-refractivity contribution is 6.05. The Morgan fingerprint density at radius 1 is 1.11 bits per heavy atom. The first-order valence-electron chi connectivity index (χ1n) is 9.10. The number of H-pyrrole nitrogens is 1. The fourth-order valence-electron chi connectivity index (χ4n) is 3.46. The number of nitrogens with one attached hydrogen (secondary N) is 1. The molecule has 2 heterocycles. The molecular formula is C20H22FN5O. The summed E-state index contributed by atoms with van der Waals surface area (Å²) < 4.78 is 13.0. The van der Waals surface area contributed by atoms with E-state index in [1.165, 1.54) is 12.1 Å². The first-order valence-corrected chi connectivity index (χ1v) is 9.10. The van der Waals surface area contributed by atoms with Gasteiger partial charge in [0.05, 0.1) is 5.52 Å². The molecule has 1 aromatic heterocycles. The van der Waals surface area contributed by atoms with Gasteiger partial charge in [-0.05, 0) is 42.3 Å². The summed E-state index contributed by atoms with van der Waals surface area (Å²) in [5.74, 6) is -0.261. The SMILES string of the molecule is Nc1ccc2c(C(=O)N3CCN(CCc4ccc(F)cc4)CC3)n[nH]c2c1. The number of nitrogen functional groups attached to an aromatic ring is 1. The molecule has 0 bridgehead atoms. The van der Waals surface area contributed by atoms with E-state index in [-0.39, 0.29) is 11.7 Å². The van der Waals surface area contributed by atoms with Gasteiger partial charge in [0.15, 0.2) is 5.69 Å². The van der Waals surface area contributed by atoms with Gasteiger partial charge in [0, 0.05) is 43.8 Å². The number of hydrogen-bond acceptors (Lipinski definition) is 4. The van der Waals surface area contributed by atoms with Crippen molar-refractivity contribution in [1.29, 1.82) is 0 Å². The molecule has 0 spiro atoms. The number of carbonyl (C=O) groups excluding carboxylic acids is 1. The molecule has 0 atom stereocenters. The Bertz CT molecular complexity index is 945. The Morgan fingerprint density at radius 3 is 2.59 bits per heavy atom. The molecule has 1 fully saturated rings. The first-order chi connectivity index (χ1) is 13.1. The summed E-state index contributed by atoms with van der Waals surface area (Å²) in [4.78, 5) is 17.0. The molecule has 2 aromatic carbocycles. The minimum atomic E-state index is -0.209. The number of carbonyl (C=O) groups is 1. The number of aromatic nitrogens is 2. The van der Waals surface area contributed by atoms with E-state index in [9.17, 15) is 9.18 Å². The van der Waals surface area contributed by atoms with Crippen LogP contribution in [0.4, 0.5) is 10.1 Å². The Morgan fingerprint density at radius 2 is 1.85 bits per heavy atom. The molecule has 4 rings (SSSR count). The average Bonchev–Trinajstić information content (AvgIpc) is 3.10. The van der Waals surface area contributed by atoms with Crippen LogP contribution in [0.25, 0.3) is 10.9 Å². The second-order valence-corrected chi connectivity index (χ2v) is 6.89. The number of benzene rings is 2. The fraction of sp³-hybridized carbons (Fsp3) is 0.300. The predicted octanol–water partition coefficient (Wildman–Crippen LogP) is 2.28. The summed E-state index contributed by atoms with van der Waals surface area (Å²) in [6, 6.07) is 12.0. The highest BCUT2D eigenvalue weighted by Gasteiger charge is 2.25. The van der Waals surface area contributed by atoms with Crippen molar-refractivity contribution in [2.24, 2.45) is 0 Å². The highest BCUT2D eigenvalue weighted by Crippen LogP contribution is 2.20. The van der Waals surface area contributed by atoms with Gasteiger partial charge in [-0.2, -0.15) is 5.10 Å². The van der Waals surface area contributed by atoms with Crippen LogP contribution in [0.5, 0.6) is 0 Å². The van der Waals surface area contributed by atoms with Gasteiger partial charge in [0.25, 0.3) is 5.91 Å². The van der Waals surface area contributed by atoms with Gasteiger partial charge < -0.3 is 10.6 Å². The number of aromatic amines is 1. The van der Waals surface area contributed by atoms with E-state index in [2.05, 4.69) is 15.1 Å². The molecule has 3 N–H and O–H groups in total. The lowest BCUT2D eigenvalue weighted by molar-refractivity contribution is 0.0634. The molecular weight excluding hydrogens is 345 g/mol. The molecule has 1 aliphatic heterocycles. The monoisotopic (exact) mass is 367 g/mol. The maximum atomic E-state index is 13.0. The van der Waals surface area contributed by atoms with Crippen LogP contribution in [0.1, 0.15) is 16.1 Å². The Hall–Kier alpha value is -2.93. The van der Waals surface area contributed by atoms with Crippen LogP contribution >= 0.6 is 0 Å². The Labute approximate surface area is 156 Å². The first kappa shape index (κ1) is 17.5. The third-order valence-electron chi connectivity index (χ3n) is 5.08. The van der Waals surface area contributed by atoms with E-state index in [0.29, 0.717) is 24.5 Å². The van der Waals surface area contributed by atoms with Crippen LogP contribution in [0, 0.1) is 5.82 Å². The fourth-order valence-corrected chi connectivity index (χ4v) is 3.46. The number of rotatable bonds is 4. The van der Waals surface area contributed by atoms with Crippen LogP contribution in [-0.4, -0.2) is 58.6 Å².